The Kier molecular flexibility index (Phi) is 7.75. The number of methoxy groups -OCH3 is 3. The predicted molar refractivity (Wildman–Crippen MR) is 110 cm³/mol. The maximum Gasteiger partial charge on any atom is 0.330 e. The maximum absolute atomic E-state index is 13.6. The Hall–Kier alpha value is -2.98. The first-order chi connectivity index (χ1) is 14.6. The van der Waals surface area contributed by atoms with Gasteiger partial charge >= 0.3 is 5.97 Å². The molecule has 0 aliphatic rings. The molecule has 2 aromatic rings. The lowest BCUT2D eigenvalue weighted by atomic mass is 10.1. The van der Waals surface area contributed by atoms with Crippen molar-refractivity contribution in [1.29, 1.82) is 0 Å². The molecule has 0 N–H and O–H groups in total. The van der Waals surface area contributed by atoms with Crippen LogP contribution in [0.4, 0.5) is 8.78 Å². The summed E-state index contributed by atoms with van der Waals surface area (Å²) in [5, 5.41) is 0. The van der Waals surface area contributed by atoms with Gasteiger partial charge in [0.25, 0.3) is 0 Å². The van der Waals surface area contributed by atoms with E-state index in [9.17, 15) is 22.0 Å². The highest BCUT2D eigenvalue weighted by atomic mass is 32.2. The van der Waals surface area contributed by atoms with Gasteiger partial charge in [-0.15, -0.1) is 0 Å². The Morgan fingerprint density at radius 1 is 1.06 bits per heavy atom. The third-order valence-corrected chi connectivity index (χ3v) is 6.64. The van der Waals surface area contributed by atoms with E-state index in [0.717, 1.165) is 22.5 Å². The average molecular weight is 455 g/mol. The molecule has 0 spiro atoms. The van der Waals surface area contributed by atoms with Crippen LogP contribution in [-0.4, -0.2) is 47.1 Å². The van der Waals surface area contributed by atoms with E-state index in [1.807, 2.05) is 0 Å². The van der Waals surface area contributed by atoms with E-state index in [1.54, 1.807) is 0 Å². The highest BCUT2D eigenvalue weighted by molar-refractivity contribution is 7.89. The normalized spacial score (nSPS) is 12.8. The van der Waals surface area contributed by atoms with Gasteiger partial charge < -0.3 is 14.2 Å². The Morgan fingerprint density at radius 2 is 1.74 bits per heavy atom. The average Bonchev–Trinajstić information content (AvgIpc) is 2.77. The van der Waals surface area contributed by atoms with Gasteiger partial charge in [-0.2, -0.15) is 4.31 Å². The van der Waals surface area contributed by atoms with Crippen LogP contribution < -0.4 is 9.47 Å². The molecule has 0 radical (unpaired) electrons. The molecular formula is C21H23F2NO6S. The minimum Gasteiger partial charge on any atom is -0.493 e. The van der Waals surface area contributed by atoms with E-state index in [2.05, 4.69) is 4.74 Å². The van der Waals surface area contributed by atoms with Crippen molar-refractivity contribution in [2.45, 2.75) is 17.9 Å². The summed E-state index contributed by atoms with van der Waals surface area (Å²) in [6.07, 6.45) is 2.50. The number of carbonyl (C=O) groups is 1. The van der Waals surface area contributed by atoms with Crippen LogP contribution in [0.5, 0.6) is 11.5 Å². The summed E-state index contributed by atoms with van der Waals surface area (Å²) >= 11 is 0. The Bertz CT molecular complexity index is 1100. The number of hydrogen-bond donors (Lipinski definition) is 0. The molecule has 0 saturated heterocycles. The molecule has 0 aromatic heterocycles. The molecule has 2 aromatic carbocycles. The number of benzene rings is 2. The van der Waals surface area contributed by atoms with Gasteiger partial charge in [-0.3, -0.25) is 0 Å². The lowest BCUT2D eigenvalue weighted by Crippen LogP contribution is -2.30. The summed E-state index contributed by atoms with van der Waals surface area (Å²) in [4.78, 5) is 11.2. The molecule has 168 valence electrons. The fourth-order valence-electron chi connectivity index (χ4n) is 2.82. The van der Waals surface area contributed by atoms with E-state index < -0.39 is 33.7 Å². The second-order valence-electron chi connectivity index (χ2n) is 6.48. The number of halogens is 2. The van der Waals surface area contributed by atoms with Crippen LogP contribution in [0.2, 0.25) is 0 Å². The topological polar surface area (TPSA) is 82.1 Å². The number of nitrogens with zero attached hydrogens (tertiary/aromatic N) is 1. The van der Waals surface area contributed by atoms with Gasteiger partial charge in [-0.25, -0.2) is 22.0 Å². The molecule has 2 rings (SSSR count). The molecule has 31 heavy (non-hydrogen) atoms. The molecular weight excluding hydrogens is 432 g/mol. The summed E-state index contributed by atoms with van der Waals surface area (Å²) in [6.45, 7) is 1.54. The molecule has 0 amide bonds. The summed E-state index contributed by atoms with van der Waals surface area (Å²) < 4.78 is 69.8. The SMILES string of the molecule is COC(=O)/C=C/c1cc(OC)c(OC)c(S(=O)(=O)N(C)C(C)c2ccc(F)c(F)c2)c1. The second kappa shape index (κ2) is 9.88. The quantitative estimate of drug-likeness (QED) is 0.447. The van der Waals surface area contributed by atoms with E-state index in [0.29, 0.717) is 5.56 Å². The maximum atomic E-state index is 13.6. The van der Waals surface area contributed by atoms with Crippen molar-refractivity contribution < 1.29 is 36.2 Å². The lowest BCUT2D eigenvalue weighted by molar-refractivity contribution is -0.134. The minimum atomic E-state index is -4.19. The summed E-state index contributed by atoms with van der Waals surface area (Å²) in [6, 6.07) is 5.16. The van der Waals surface area contributed by atoms with Crippen molar-refractivity contribution >= 4 is 22.1 Å². The van der Waals surface area contributed by atoms with Crippen LogP contribution in [-0.2, 0) is 19.6 Å². The van der Waals surface area contributed by atoms with Crippen molar-refractivity contribution in [3.05, 3.63) is 59.2 Å². The monoisotopic (exact) mass is 455 g/mol. The van der Waals surface area contributed by atoms with Crippen LogP contribution in [0, 0.1) is 11.6 Å². The van der Waals surface area contributed by atoms with Gasteiger partial charge in [0.2, 0.25) is 10.0 Å². The van der Waals surface area contributed by atoms with Gasteiger partial charge in [-0.05, 0) is 48.4 Å². The molecule has 0 fully saturated rings. The standard InChI is InChI=1S/C21H23F2NO6S/c1-13(15-7-8-16(22)17(23)12-15)24(2)31(26,27)19-11-14(6-9-20(25)29-4)10-18(28-3)21(19)30-5/h6-13H,1-5H3/b9-6+. The number of esters is 1. The molecule has 0 aliphatic heterocycles. The molecule has 7 nitrogen and oxygen atoms in total. The van der Waals surface area contributed by atoms with Gasteiger partial charge in [-0.1, -0.05) is 6.07 Å². The van der Waals surface area contributed by atoms with Gasteiger partial charge in [0.15, 0.2) is 23.1 Å². The van der Waals surface area contributed by atoms with Crippen LogP contribution >= 0.6 is 0 Å². The Labute approximate surface area is 179 Å². The van der Waals surface area contributed by atoms with E-state index in [-0.39, 0.29) is 22.0 Å². The summed E-state index contributed by atoms with van der Waals surface area (Å²) in [5.74, 6) is -2.64. The Morgan fingerprint density at radius 3 is 2.29 bits per heavy atom. The number of ether oxygens (including phenoxy) is 3. The first kappa shape index (κ1) is 24.3. The lowest BCUT2D eigenvalue weighted by Gasteiger charge is -2.26. The second-order valence-corrected chi connectivity index (χ2v) is 8.45. The van der Waals surface area contributed by atoms with Crippen LogP contribution in [0.1, 0.15) is 24.1 Å². The number of sulfonamides is 1. The van der Waals surface area contributed by atoms with Gasteiger partial charge in [0, 0.05) is 19.2 Å². The molecule has 10 heteroatoms. The fraction of sp³-hybridized carbons (Fsp3) is 0.286. The van der Waals surface area contributed by atoms with Crippen molar-refractivity contribution in [1.82, 2.24) is 4.31 Å². The Balaban J connectivity index is 2.57. The largest absolute Gasteiger partial charge is 0.493 e. The molecule has 0 bridgehead atoms. The summed E-state index contributed by atoms with van der Waals surface area (Å²) in [7, 11) is 0.969. The van der Waals surface area contributed by atoms with Gasteiger partial charge in [0.05, 0.1) is 21.3 Å². The molecule has 0 aliphatic carbocycles. The van der Waals surface area contributed by atoms with Crippen molar-refractivity contribution in [3.63, 3.8) is 0 Å². The fourth-order valence-corrected chi connectivity index (χ4v) is 4.37. The zero-order valence-electron chi connectivity index (χ0n) is 17.7. The third kappa shape index (κ3) is 5.20. The van der Waals surface area contributed by atoms with Gasteiger partial charge in [0.1, 0.15) is 4.90 Å². The zero-order chi connectivity index (χ0) is 23.3. The van der Waals surface area contributed by atoms with Crippen molar-refractivity contribution in [3.8, 4) is 11.5 Å². The van der Waals surface area contributed by atoms with E-state index in [4.69, 9.17) is 9.47 Å². The van der Waals surface area contributed by atoms with Crippen LogP contribution in [0.15, 0.2) is 41.3 Å². The predicted octanol–water partition coefficient (Wildman–Crippen LogP) is 3.55. The van der Waals surface area contributed by atoms with Crippen LogP contribution in [0.3, 0.4) is 0 Å². The molecule has 1 atom stereocenters. The van der Waals surface area contributed by atoms with Crippen molar-refractivity contribution in [2.75, 3.05) is 28.4 Å². The number of carbonyl (C=O) groups excluding carboxylic acids is 1. The van der Waals surface area contributed by atoms with Crippen molar-refractivity contribution in [2.24, 2.45) is 0 Å². The number of hydrogen-bond acceptors (Lipinski definition) is 6. The highest BCUT2D eigenvalue weighted by Crippen LogP contribution is 2.39. The third-order valence-electron chi connectivity index (χ3n) is 4.71. The first-order valence-electron chi connectivity index (χ1n) is 9.01. The summed E-state index contributed by atoms with van der Waals surface area (Å²) in [5.41, 5.74) is 0.605. The highest BCUT2D eigenvalue weighted by Gasteiger charge is 2.31. The minimum absolute atomic E-state index is 0.0398. The molecule has 0 heterocycles. The zero-order valence-corrected chi connectivity index (χ0v) is 18.5. The molecule has 0 saturated carbocycles. The van der Waals surface area contributed by atoms with E-state index >= 15 is 0 Å². The molecule has 1 unspecified atom stereocenters. The van der Waals surface area contributed by atoms with Crippen LogP contribution in [0.25, 0.3) is 6.08 Å². The van der Waals surface area contributed by atoms with E-state index in [1.165, 1.54) is 59.6 Å². The smallest absolute Gasteiger partial charge is 0.330 e. The first-order valence-corrected chi connectivity index (χ1v) is 10.5. The number of rotatable bonds is 8.